The van der Waals surface area contributed by atoms with Crippen LogP contribution in [0.4, 0.5) is 0 Å². The monoisotopic (exact) mass is 309 g/mol. The number of carboxylic acid groups (broad SMARTS) is 1. The summed E-state index contributed by atoms with van der Waals surface area (Å²) in [5.41, 5.74) is 0. The molecule has 1 rings (SSSR count). The smallest absolute Gasteiger partial charge is 0.326 e. The fourth-order valence-electron chi connectivity index (χ4n) is 1.88. The Labute approximate surface area is 129 Å². The van der Waals surface area contributed by atoms with Gasteiger partial charge in [-0.25, -0.2) is 4.79 Å². The molecule has 0 saturated heterocycles. The fraction of sp³-hybridized carbons (Fsp3) is 0.600. The summed E-state index contributed by atoms with van der Waals surface area (Å²) in [5.74, 6) is -0.128. The molecular formula is C15H23N3O4. The third-order valence-corrected chi connectivity index (χ3v) is 3.02. The number of carbonyl (C=O) groups excluding carboxylic acids is 1. The molecule has 22 heavy (non-hydrogen) atoms. The van der Waals surface area contributed by atoms with Gasteiger partial charge >= 0.3 is 5.97 Å². The topological polar surface area (TPSA) is 105 Å². The van der Waals surface area contributed by atoms with Crippen molar-refractivity contribution >= 4 is 11.9 Å². The van der Waals surface area contributed by atoms with Gasteiger partial charge in [0.15, 0.2) is 5.82 Å². The molecule has 0 radical (unpaired) electrons. The normalized spacial score (nSPS) is 12.5. The predicted octanol–water partition coefficient (Wildman–Crippen LogP) is 1.88. The van der Waals surface area contributed by atoms with Crippen molar-refractivity contribution in [1.29, 1.82) is 0 Å². The number of carboxylic acids is 1. The molecule has 122 valence electrons. The molecule has 0 bridgehead atoms. The molecule has 0 spiro atoms. The summed E-state index contributed by atoms with van der Waals surface area (Å²) in [5, 5.41) is 15.4. The SMILES string of the molecule is C/C=C/CC(NC(=O)CCCc1nc(CCC)no1)C(=O)O. The highest BCUT2D eigenvalue weighted by Crippen LogP contribution is 2.05. The van der Waals surface area contributed by atoms with Crippen LogP contribution in [0.3, 0.4) is 0 Å². The lowest BCUT2D eigenvalue weighted by Crippen LogP contribution is -2.40. The maximum Gasteiger partial charge on any atom is 0.326 e. The van der Waals surface area contributed by atoms with Gasteiger partial charge in [0.2, 0.25) is 11.8 Å². The van der Waals surface area contributed by atoms with E-state index in [1.165, 1.54) is 0 Å². The molecule has 0 aliphatic heterocycles. The molecule has 0 aliphatic rings. The summed E-state index contributed by atoms with van der Waals surface area (Å²) in [6.07, 6.45) is 6.75. The van der Waals surface area contributed by atoms with E-state index in [0.29, 0.717) is 24.6 Å². The molecule has 2 N–H and O–H groups in total. The van der Waals surface area contributed by atoms with Crippen LogP contribution < -0.4 is 5.32 Å². The second-order valence-electron chi connectivity index (χ2n) is 4.97. The zero-order valence-corrected chi connectivity index (χ0v) is 13.0. The van der Waals surface area contributed by atoms with E-state index in [2.05, 4.69) is 15.5 Å². The number of rotatable bonds is 10. The van der Waals surface area contributed by atoms with E-state index < -0.39 is 12.0 Å². The summed E-state index contributed by atoms with van der Waals surface area (Å²) in [7, 11) is 0. The molecule has 0 fully saturated rings. The van der Waals surface area contributed by atoms with Crippen LogP contribution in [-0.4, -0.2) is 33.2 Å². The van der Waals surface area contributed by atoms with E-state index >= 15 is 0 Å². The number of hydrogen-bond acceptors (Lipinski definition) is 5. The summed E-state index contributed by atoms with van der Waals surface area (Å²) in [4.78, 5) is 27.0. The van der Waals surface area contributed by atoms with Crippen molar-refractivity contribution in [1.82, 2.24) is 15.5 Å². The molecule has 0 aromatic carbocycles. The van der Waals surface area contributed by atoms with Crippen LogP contribution in [0.5, 0.6) is 0 Å². The lowest BCUT2D eigenvalue weighted by Gasteiger charge is -2.12. The van der Waals surface area contributed by atoms with Crippen molar-refractivity contribution < 1.29 is 19.2 Å². The average Bonchev–Trinajstić information content (AvgIpc) is 2.91. The van der Waals surface area contributed by atoms with Crippen LogP contribution in [-0.2, 0) is 22.4 Å². The van der Waals surface area contributed by atoms with E-state index in [9.17, 15) is 9.59 Å². The molecule has 0 aliphatic carbocycles. The van der Waals surface area contributed by atoms with E-state index in [4.69, 9.17) is 9.63 Å². The number of aryl methyl sites for hydroxylation is 2. The molecule has 1 heterocycles. The zero-order chi connectivity index (χ0) is 16.4. The Balaban J connectivity index is 2.33. The first-order valence-electron chi connectivity index (χ1n) is 7.51. The number of carbonyl (C=O) groups is 2. The van der Waals surface area contributed by atoms with Gasteiger partial charge in [0.25, 0.3) is 0 Å². The lowest BCUT2D eigenvalue weighted by atomic mass is 10.1. The molecule has 7 nitrogen and oxygen atoms in total. The van der Waals surface area contributed by atoms with Gasteiger partial charge in [-0.15, -0.1) is 0 Å². The van der Waals surface area contributed by atoms with Crippen molar-refractivity contribution in [2.45, 2.75) is 58.4 Å². The van der Waals surface area contributed by atoms with Gasteiger partial charge < -0.3 is 14.9 Å². The van der Waals surface area contributed by atoms with Gasteiger partial charge in [0, 0.05) is 19.3 Å². The van der Waals surface area contributed by atoms with Crippen LogP contribution in [0.25, 0.3) is 0 Å². The Morgan fingerprint density at radius 2 is 2.18 bits per heavy atom. The Bertz CT molecular complexity index is 511. The largest absolute Gasteiger partial charge is 0.480 e. The Morgan fingerprint density at radius 1 is 1.41 bits per heavy atom. The van der Waals surface area contributed by atoms with Crippen LogP contribution in [0.1, 0.15) is 51.2 Å². The summed E-state index contributed by atoms with van der Waals surface area (Å²) in [6.45, 7) is 3.84. The number of nitrogens with zero attached hydrogens (tertiary/aromatic N) is 2. The molecule has 1 atom stereocenters. The van der Waals surface area contributed by atoms with Gasteiger partial charge in [-0.1, -0.05) is 24.2 Å². The maximum atomic E-state index is 11.8. The quantitative estimate of drug-likeness (QED) is 0.639. The van der Waals surface area contributed by atoms with Gasteiger partial charge in [0.1, 0.15) is 6.04 Å². The minimum absolute atomic E-state index is 0.227. The third-order valence-electron chi connectivity index (χ3n) is 3.02. The van der Waals surface area contributed by atoms with Crippen LogP contribution in [0.2, 0.25) is 0 Å². The minimum atomic E-state index is -1.03. The van der Waals surface area contributed by atoms with E-state index in [1.807, 2.05) is 6.92 Å². The van der Waals surface area contributed by atoms with E-state index in [-0.39, 0.29) is 18.7 Å². The third kappa shape index (κ3) is 6.51. The molecular weight excluding hydrogens is 286 g/mol. The first-order chi connectivity index (χ1) is 10.6. The van der Waals surface area contributed by atoms with Crippen molar-refractivity contribution in [3.63, 3.8) is 0 Å². The van der Waals surface area contributed by atoms with Crippen LogP contribution in [0.15, 0.2) is 16.7 Å². The molecule has 1 aromatic rings. The van der Waals surface area contributed by atoms with E-state index in [0.717, 1.165) is 12.8 Å². The van der Waals surface area contributed by atoms with Crippen molar-refractivity contribution in [2.75, 3.05) is 0 Å². The molecule has 1 aromatic heterocycles. The van der Waals surface area contributed by atoms with E-state index in [1.54, 1.807) is 19.1 Å². The Hall–Kier alpha value is -2.18. The first kappa shape index (κ1) is 17.9. The second kappa shape index (κ2) is 9.70. The average molecular weight is 309 g/mol. The standard InChI is InChI=1S/C15H23N3O4/c1-3-5-8-11(15(20)21)16-13(19)9-6-10-14-17-12(7-4-2)18-22-14/h3,5,11H,4,6-10H2,1-2H3,(H,16,19)(H,20,21)/b5-3+. The second-order valence-corrected chi connectivity index (χ2v) is 4.97. The maximum absolute atomic E-state index is 11.8. The number of hydrogen-bond donors (Lipinski definition) is 2. The predicted molar refractivity (Wildman–Crippen MR) is 80.2 cm³/mol. The van der Waals surface area contributed by atoms with Gasteiger partial charge in [-0.05, 0) is 26.2 Å². The first-order valence-corrected chi connectivity index (χ1v) is 7.51. The summed E-state index contributed by atoms with van der Waals surface area (Å²) in [6, 6.07) is -0.886. The summed E-state index contributed by atoms with van der Waals surface area (Å²) >= 11 is 0. The van der Waals surface area contributed by atoms with Gasteiger partial charge in [-0.2, -0.15) is 4.98 Å². The highest BCUT2D eigenvalue weighted by molar-refractivity contribution is 5.83. The van der Waals surface area contributed by atoms with Crippen molar-refractivity contribution in [3.8, 4) is 0 Å². The highest BCUT2D eigenvalue weighted by atomic mass is 16.5. The lowest BCUT2D eigenvalue weighted by molar-refractivity contribution is -0.141. The molecule has 0 saturated carbocycles. The number of aromatic nitrogens is 2. The fourth-order valence-corrected chi connectivity index (χ4v) is 1.88. The van der Waals surface area contributed by atoms with Crippen molar-refractivity contribution in [2.24, 2.45) is 0 Å². The number of allylic oxidation sites excluding steroid dienone is 1. The number of aliphatic carboxylic acids is 1. The number of nitrogens with one attached hydrogen (secondary N) is 1. The molecule has 7 heteroatoms. The Morgan fingerprint density at radius 3 is 2.82 bits per heavy atom. The Kier molecular flexibility index (Phi) is 7.88. The minimum Gasteiger partial charge on any atom is -0.480 e. The van der Waals surface area contributed by atoms with Crippen LogP contribution in [0, 0.1) is 0 Å². The number of amides is 1. The highest BCUT2D eigenvalue weighted by Gasteiger charge is 2.18. The van der Waals surface area contributed by atoms with Crippen LogP contribution >= 0.6 is 0 Å². The molecule has 1 unspecified atom stereocenters. The molecule has 1 amide bonds. The van der Waals surface area contributed by atoms with Gasteiger partial charge in [-0.3, -0.25) is 4.79 Å². The zero-order valence-electron chi connectivity index (χ0n) is 13.0. The summed E-state index contributed by atoms with van der Waals surface area (Å²) < 4.78 is 5.08. The van der Waals surface area contributed by atoms with Crippen molar-refractivity contribution in [3.05, 3.63) is 23.9 Å². The van der Waals surface area contributed by atoms with Gasteiger partial charge in [0.05, 0.1) is 0 Å².